The van der Waals surface area contributed by atoms with E-state index in [1.165, 1.54) is 25.7 Å². The molecular formula is C16H26N2O2. The highest BCUT2D eigenvalue weighted by atomic mass is 16.2. The minimum atomic E-state index is -0.296. The van der Waals surface area contributed by atoms with Crippen molar-refractivity contribution in [3.8, 4) is 0 Å². The summed E-state index contributed by atoms with van der Waals surface area (Å²) in [7, 11) is 0. The zero-order chi connectivity index (χ0) is 14.3. The van der Waals surface area contributed by atoms with Crippen LogP contribution in [0.4, 0.5) is 0 Å². The highest BCUT2D eigenvalue weighted by molar-refractivity contribution is 5.97. The summed E-state index contributed by atoms with van der Waals surface area (Å²) >= 11 is 0. The Labute approximate surface area is 121 Å². The lowest BCUT2D eigenvalue weighted by Gasteiger charge is -2.41. The van der Waals surface area contributed by atoms with Gasteiger partial charge >= 0.3 is 0 Å². The number of carbonyl (C=O) groups excluding carboxylic acids is 2. The standard InChI is InChI=1S/C16H26N2O2/c1-10-8-13(10)9-18-11(2)15(19)17-14(16(18)20)12-6-4-3-5-7-12/h10-14H,3-9H2,1-2H3,(H,17,19). The lowest BCUT2D eigenvalue weighted by Crippen LogP contribution is -2.64. The summed E-state index contributed by atoms with van der Waals surface area (Å²) in [6.45, 7) is 4.86. The van der Waals surface area contributed by atoms with Crippen molar-refractivity contribution in [3.05, 3.63) is 0 Å². The third-order valence-corrected chi connectivity index (χ3v) is 5.52. The fraction of sp³-hybridized carbons (Fsp3) is 0.875. The first-order valence-corrected chi connectivity index (χ1v) is 8.18. The highest BCUT2D eigenvalue weighted by Gasteiger charge is 2.45. The van der Waals surface area contributed by atoms with E-state index >= 15 is 0 Å². The molecule has 3 fully saturated rings. The largest absolute Gasteiger partial charge is 0.342 e. The summed E-state index contributed by atoms with van der Waals surface area (Å²) < 4.78 is 0. The maximum Gasteiger partial charge on any atom is 0.246 e. The molecule has 2 aliphatic carbocycles. The Morgan fingerprint density at radius 2 is 1.80 bits per heavy atom. The van der Waals surface area contributed by atoms with Gasteiger partial charge in [-0.15, -0.1) is 0 Å². The van der Waals surface area contributed by atoms with Gasteiger partial charge in [-0.3, -0.25) is 9.59 Å². The molecule has 1 N–H and O–H groups in total. The zero-order valence-corrected chi connectivity index (χ0v) is 12.6. The van der Waals surface area contributed by atoms with Crippen molar-refractivity contribution in [2.75, 3.05) is 6.54 Å². The first-order valence-electron chi connectivity index (χ1n) is 8.18. The smallest absolute Gasteiger partial charge is 0.246 e. The molecule has 4 nitrogen and oxygen atoms in total. The molecular weight excluding hydrogens is 252 g/mol. The van der Waals surface area contributed by atoms with Crippen molar-refractivity contribution in [3.63, 3.8) is 0 Å². The summed E-state index contributed by atoms with van der Waals surface area (Å²) in [5, 5.41) is 2.99. The van der Waals surface area contributed by atoms with Crippen LogP contribution in [-0.2, 0) is 9.59 Å². The van der Waals surface area contributed by atoms with Crippen LogP contribution in [0, 0.1) is 17.8 Å². The number of amides is 2. The molecule has 2 saturated carbocycles. The van der Waals surface area contributed by atoms with Gasteiger partial charge in [0.25, 0.3) is 0 Å². The molecule has 0 aromatic rings. The first kappa shape index (κ1) is 13.9. The maximum absolute atomic E-state index is 12.8. The second-order valence-corrected chi connectivity index (χ2v) is 7.02. The zero-order valence-electron chi connectivity index (χ0n) is 12.6. The SMILES string of the molecule is CC1CC1CN1C(=O)C(C2CCCCC2)NC(=O)C1C. The molecule has 0 bridgehead atoms. The van der Waals surface area contributed by atoms with Crippen LogP contribution in [0.5, 0.6) is 0 Å². The summed E-state index contributed by atoms with van der Waals surface area (Å²) in [5.74, 6) is 1.89. The van der Waals surface area contributed by atoms with Gasteiger partial charge < -0.3 is 10.2 Å². The topological polar surface area (TPSA) is 49.4 Å². The number of hydrogen-bond donors (Lipinski definition) is 1. The molecule has 3 aliphatic rings. The number of hydrogen-bond acceptors (Lipinski definition) is 2. The van der Waals surface area contributed by atoms with E-state index in [1.54, 1.807) is 0 Å². The minimum Gasteiger partial charge on any atom is -0.342 e. The summed E-state index contributed by atoms with van der Waals surface area (Å²) in [5.41, 5.74) is 0. The molecule has 20 heavy (non-hydrogen) atoms. The number of rotatable bonds is 3. The molecule has 112 valence electrons. The lowest BCUT2D eigenvalue weighted by atomic mass is 9.82. The number of carbonyl (C=O) groups is 2. The van der Waals surface area contributed by atoms with E-state index < -0.39 is 0 Å². The van der Waals surface area contributed by atoms with Crippen LogP contribution >= 0.6 is 0 Å². The summed E-state index contributed by atoms with van der Waals surface area (Å²) in [4.78, 5) is 26.8. The Bertz CT molecular complexity index is 399. The number of piperazine rings is 1. The summed E-state index contributed by atoms with van der Waals surface area (Å²) in [6, 6.07) is -0.553. The van der Waals surface area contributed by atoms with Crippen molar-refractivity contribution in [1.29, 1.82) is 0 Å². The number of nitrogens with one attached hydrogen (secondary N) is 1. The predicted molar refractivity (Wildman–Crippen MR) is 77.0 cm³/mol. The highest BCUT2D eigenvalue weighted by Crippen LogP contribution is 2.39. The van der Waals surface area contributed by atoms with Gasteiger partial charge in [-0.05, 0) is 43.9 Å². The van der Waals surface area contributed by atoms with Gasteiger partial charge in [0.1, 0.15) is 12.1 Å². The normalized spacial score (nSPS) is 38.8. The van der Waals surface area contributed by atoms with Crippen LogP contribution in [0.3, 0.4) is 0 Å². The molecule has 3 rings (SSSR count). The van der Waals surface area contributed by atoms with Gasteiger partial charge in [0.2, 0.25) is 11.8 Å². The maximum atomic E-state index is 12.8. The third kappa shape index (κ3) is 2.57. The molecule has 1 aliphatic heterocycles. The van der Waals surface area contributed by atoms with Gasteiger partial charge in [-0.25, -0.2) is 0 Å². The Morgan fingerprint density at radius 1 is 1.15 bits per heavy atom. The molecule has 0 aromatic carbocycles. The van der Waals surface area contributed by atoms with E-state index in [0.29, 0.717) is 17.8 Å². The Morgan fingerprint density at radius 3 is 2.40 bits per heavy atom. The van der Waals surface area contributed by atoms with E-state index in [1.807, 2.05) is 11.8 Å². The molecule has 0 radical (unpaired) electrons. The van der Waals surface area contributed by atoms with Crippen molar-refractivity contribution in [2.24, 2.45) is 17.8 Å². The molecule has 4 heteroatoms. The average molecular weight is 278 g/mol. The van der Waals surface area contributed by atoms with Gasteiger partial charge in [0, 0.05) is 6.54 Å². The van der Waals surface area contributed by atoms with Crippen LogP contribution in [0.15, 0.2) is 0 Å². The number of nitrogens with zero attached hydrogens (tertiary/aromatic N) is 1. The second-order valence-electron chi connectivity index (χ2n) is 7.02. The predicted octanol–water partition coefficient (Wildman–Crippen LogP) is 1.94. The van der Waals surface area contributed by atoms with Gasteiger partial charge in [-0.2, -0.15) is 0 Å². The Kier molecular flexibility index (Phi) is 3.74. The monoisotopic (exact) mass is 278 g/mol. The van der Waals surface area contributed by atoms with Crippen LogP contribution in [0.25, 0.3) is 0 Å². The van der Waals surface area contributed by atoms with E-state index in [-0.39, 0.29) is 23.9 Å². The van der Waals surface area contributed by atoms with Crippen LogP contribution in [0.1, 0.15) is 52.4 Å². The molecule has 0 aromatic heterocycles. The third-order valence-electron chi connectivity index (χ3n) is 5.52. The van der Waals surface area contributed by atoms with Crippen LogP contribution in [-0.4, -0.2) is 35.3 Å². The lowest BCUT2D eigenvalue weighted by molar-refractivity contribution is -0.150. The second kappa shape index (κ2) is 5.38. The first-order chi connectivity index (χ1) is 9.58. The molecule has 1 heterocycles. The van der Waals surface area contributed by atoms with E-state index in [2.05, 4.69) is 12.2 Å². The quantitative estimate of drug-likeness (QED) is 0.857. The van der Waals surface area contributed by atoms with Gasteiger partial charge in [0.05, 0.1) is 0 Å². The van der Waals surface area contributed by atoms with Crippen LogP contribution < -0.4 is 5.32 Å². The Balaban J connectivity index is 1.71. The van der Waals surface area contributed by atoms with Crippen molar-refractivity contribution in [1.82, 2.24) is 10.2 Å². The van der Waals surface area contributed by atoms with Crippen LogP contribution in [0.2, 0.25) is 0 Å². The molecule has 2 amide bonds. The van der Waals surface area contributed by atoms with Gasteiger partial charge in [-0.1, -0.05) is 26.2 Å². The molecule has 1 saturated heterocycles. The summed E-state index contributed by atoms with van der Waals surface area (Å²) in [6.07, 6.45) is 7.02. The van der Waals surface area contributed by atoms with Crippen molar-refractivity contribution < 1.29 is 9.59 Å². The average Bonchev–Trinajstić information content (AvgIpc) is 3.15. The fourth-order valence-corrected chi connectivity index (χ4v) is 3.79. The fourth-order valence-electron chi connectivity index (χ4n) is 3.79. The minimum absolute atomic E-state index is 0.0356. The van der Waals surface area contributed by atoms with E-state index in [4.69, 9.17) is 0 Å². The van der Waals surface area contributed by atoms with Gasteiger partial charge in [0.15, 0.2) is 0 Å². The molecule has 4 unspecified atom stereocenters. The van der Waals surface area contributed by atoms with E-state index in [0.717, 1.165) is 19.4 Å². The van der Waals surface area contributed by atoms with Crippen molar-refractivity contribution >= 4 is 11.8 Å². The Hall–Kier alpha value is -1.06. The van der Waals surface area contributed by atoms with E-state index in [9.17, 15) is 9.59 Å². The molecule has 4 atom stereocenters. The molecule has 0 spiro atoms. The van der Waals surface area contributed by atoms with Crippen molar-refractivity contribution in [2.45, 2.75) is 64.5 Å².